The van der Waals surface area contributed by atoms with Gasteiger partial charge in [-0.2, -0.15) is 0 Å². The molecular weight excluding hydrogens is 308 g/mol. The molecule has 0 radical (unpaired) electrons. The van der Waals surface area contributed by atoms with Crippen LogP contribution in [0.3, 0.4) is 0 Å². The van der Waals surface area contributed by atoms with Crippen LogP contribution in [0.4, 0.5) is 0 Å². The molecule has 0 amide bonds. The van der Waals surface area contributed by atoms with Crippen molar-refractivity contribution in [2.45, 2.75) is 45.4 Å². The maximum absolute atomic E-state index is 10.8. The third kappa shape index (κ3) is 16.3. The van der Waals surface area contributed by atoms with Crippen molar-refractivity contribution in [2.24, 2.45) is 0 Å². The summed E-state index contributed by atoms with van der Waals surface area (Å²) in [4.78, 5) is 33.9. The zero-order chi connectivity index (χ0) is 16.2. The fourth-order valence-electron chi connectivity index (χ4n) is 1.40. The second-order valence-corrected chi connectivity index (χ2v) is 6.70. The number of nitrogens with zero attached hydrogens (tertiary/aromatic N) is 1. The van der Waals surface area contributed by atoms with Crippen LogP contribution in [0.1, 0.15) is 39.5 Å². The predicted octanol–water partition coefficient (Wildman–Crippen LogP) is 0.745. The summed E-state index contributed by atoms with van der Waals surface area (Å²) in [5.41, 5.74) is 0. The zero-order valence-electron chi connectivity index (χ0n) is 12.0. The van der Waals surface area contributed by atoms with E-state index in [0.29, 0.717) is 0 Å². The lowest BCUT2D eigenvalue weighted by atomic mass is 10.2. The Morgan fingerprint density at radius 2 is 1.45 bits per heavy atom. The van der Waals surface area contributed by atoms with Gasteiger partial charge in [0.15, 0.2) is 5.85 Å². The van der Waals surface area contributed by atoms with Crippen LogP contribution in [-0.4, -0.2) is 55.1 Å². The Bertz CT molecular complexity index is 285. The first-order valence-electron chi connectivity index (χ1n) is 6.52. The van der Waals surface area contributed by atoms with E-state index in [9.17, 15) is 9.67 Å². The van der Waals surface area contributed by atoms with Crippen LogP contribution in [0.2, 0.25) is 0 Å². The van der Waals surface area contributed by atoms with E-state index in [4.69, 9.17) is 24.1 Å². The van der Waals surface area contributed by atoms with Gasteiger partial charge in [-0.15, -0.1) is 0 Å². The standard InChI is InChI=1S/C10H24NO4P.H3O3P/c1-3-5-7-11(8-6-4-2)9-10(12)16(13,14)15;1-4(2)3/h10,12H,3-9H2,1-2H3,(H2,13,14,15);4H,(H2,1,2,3). The van der Waals surface area contributed by atoms with Crippen molar-refractivity contribution >= 4 is 15.9 Å². The van der Waals surface area contributed by atoms with Crippen LogP contribution in [0.5, 0.6) is 0 Å². The SMILES string of the molecule is CCCCN(CCCC)CC(O)P(=O)(O)O.O=[PH](O)O. The van der Waals surface area contributed by atoms with Crippen molar-refractivity contribution in [3.8, 4) is 0 Å². The van der Waals surface area contributed by atoms with E-state index >= 15 is 0 Å². The number of hydrogen-bond donors (Lipinski definition) is 5. The number of unbranched alkanes of at least 4 members (excludes halogenated alkanes) is 2. The second-order valence-electron chi connectivity index (χ2n) is 4.36. The Morgan fingerprint density at radius 1 is 1.10 bits per heavy atom. The van der Waals surface area contributed by atoms with Crippen LogP contribution in [-0.2, 0) is 9.13 Å². The third-order valence-corrected chi connectivity index (χ3v) is 3.41. The normalized spacial score (nSPS) is 13.2. The van der Waals surface area contributed by atoms with Gasteiger partial charge in [0.2, 0.25) is 0 Å². The van der Waals surface area contributed by atoms with Crippen LogP contribution >= 0.6 is 15.9 Å². The Balaban J connectivity index is 0. The molecule has 0 aliphatic heterocycles. The summed E-state index contributed by atoms with van der Waals surface area (Å²) in [5, 5.41) is 9.35. The summed E-state index contributed by atoms with van der Waals surface area (Å²) < 4.78 is 19.6. The maximum Gasteiger partial charge on any atom is 0.355 e. The minimum atomic E-state index is -4.36. The monoisotopic (exact) mass is 335 g/mol. The molecular formula is C10H27NO7P2. The average molecular weight is 335 g/mol. The predicted molar refractivity (Wildman–Crippen MR) is 77.7 cm³/mol. The van der Waals surface area contributed by atoms with Crippen molar-refractivity contribution < 1.29 is 33.8 Å². The highest BCUT2D eigenvalue weighted by Crippen LogP contribution is 2.39. The first-order chi connectivity index (χ1) is 9.15. The van der Waals surface area contributed by atoms with E-state index in [1.807, 2.05) is 4.90 Å². The van der Waals surface area contributed by atoms with Crippen molar-refractivity contribution in [1.82, 2.24) is 4.90 Å². The molecule has 0 aliphatic carbocycles. The maximum atomic E-state index is 10.8. The fourth-order valence-corrected chi connectivity index (χ4v) is 1.84. The van der Waals surface area contributed by atoms with Crippen LogP contribution in [0.25, 0.3) is 0 Å². The van der Waals surface area contributed by atoms with Gasteiger partial charge in [-0.1, -0.05) is 26.7 Å². The molecule has 0 bridgehead atoms. The van der Waals surface area contributed by atoms with E-state index in [1.165, 1.54) is 0 Å². The van der Waals surface area contributed by atoms with Gasteiger partial charge in [0.1, 0.15) is 0 Å². The molecule has 10 heteroatoms. The molecule has 0 aromatic rings. The third-order valence-electron chi connectivity index (χ3n) is 2.47. The van der Waals surface area contributed by atoms with Gasteiger partial charge in [-0.05, 0) is 25.9 Å². The van der Waals surface area contributed by atoms with Crippen molar-refractivity contribution in [1.29, 1.82) is 0 Å². The van der Waals surface area contributed by atoms with Crippen LogP contribution in [0.15, 0.2) is 0 Å². The topological polar surface area (TPSA) is 139 Å². The zero-order valence-corrected chi connectivity index (χ0v) is 13.9. The van der Waals surface area contributed by atoms with Gasteiger partial charge >= 0.3 is 15.9 Å². The number of rotatable bonds is 9. The highest BCUT2D eigenvalue weighted by molar-refractivity contribution is 7.52. The van der Waals surface area contributed by atoms with Gasteiger partial charge in [0.05, 0.1) is 0 Å². The number of aliphatic hydroxyl groups excluding tert-OH is 1. The van der Waals surface area contributed by atoms with Crippen molar-refractivity contribution in [2.75, 3.05) is 19.6 Å². The molecule has 0 saturated carbocycles. The minimum absolute atomic E-state index is 0.0598. The molecule has 124 valence electrons. The summed E-state index contributed by atoms with van der Waals surface area (Å²) in [6.45, 7) is 5.76. The van der Waals surface area contributed by atoms with Gasteiger partial charge in [-0.25, -0.2) is 0 Å². The van der Waals surface area contributed by atoms with Crippen molar-refractivity contribution in [3.63, 3.8) is 0 Å². The van der Waals surface area contributed by atoms with E-state index in [1.54, 1.807) is 0 Å². The van der Waals surface area contributed by atoms with Gasteiger partial charge < -0.3 is 29.6 Å². The summed E-state index contributed by atoms with van der Waals surface area (Å²) in [6.07, 6.45) is 4.04. The Kier molecular flexibility index (Phi) is 14.5. The smallest absolute Gasteiger partial charge is 0.355 e. The Labute approximate surface area is 120 Å². The second kappa shape index (κ2) is 12.9. The molecule has 5 N–H and O–H groups in total. The molecule has 0 aromatic carbocycles. The first-order valence-corrected chi connectivity index (χ1v) is 9.51. The van der Waals surface area contributed by atoms with Gasteiger partial charge in [0.25, 0.3) is 0 Å². The molecule has 0 spiro atoms. The lowest BCUT2D eigenvalue weighted by Gasteiger charge is -2.25. The highest BCUT2D eigenvalue weighted by atomic mass is 31.2. The first kappa shape index (κ1) is 22.5. The largest absolute Gasteiger partial charge is 0.379 e. The van der Waals surface area contributed by atoms with E-state index in [2.05, 4.69) is 13.8 Å². The van der Waals surface area contributed by atoms with E-state index in [-0.39, 0.29) is 6.54 Å². The molecule has 20 heavy (non-hydrogen) atoms. The molecule has 0 aromatic heterocycles. The summed E-state index contributed by atoms with van der Waals surface area (Å²) in [5.74, 6) is -1.55. The molecule has 0 rings (SSSR count). The molecule has 8 nitrogen and oxygen atoms in total. The lowest BCUT2D eigenvalue weighted by molar-refractivity contribution is 0.139. The van der Waals surface area contributed by atoms with Crippen molar-refractivity contribution in [3.05, 3.63) is 0 Å². The fraction of sp³-hybridized carbons (Fsp3) is 1.00. The summed E-state index contributed by atoms with van der Waals surface area (Å²) in [7, 11) is -7.49. The Morgan fingerprint density at radius 3 is 1.70 bits per heavy atom. The molecule has 1 atom stereocenters. The number of hydrogen-bond acceptors (Lipinski definition) is 4. The van der Waals surface area contributed by atoms with E-state index in [0.717, 1.165) is 38.8 Å². The number of aliphatic hydroxyl groups is 1. The van der Waals surface area contributed by atoms with Crippen LogP contribution in [0, 0.1) is 0 Å². The summed E-state index contributed by atoms with van der Waals surface area (Å²) in [6, 6.07) is 0. The van der Waals surface area contributed by atoms with Gasteiger partial charge in [0, 0.05) is 6.54 Å². The highest BCUT2D eigenvalue weighted by Gasteiger charge is 2.27. The lowest BCUT2D eigenvalue weighted by Crippen LogP contribution is -2.34. The molecule has 0 fully saturated rings. The molecule has 0 heterocycles. The van der Waals surface area contributed by atoms with E-state index < -0.39 is 21.7 Å². The molecule has 0 aliphatic rings. The van der Waals surface area contributed by atoms with Gasteiger partial charge in [-0.3, -0.25) is 9.13 Å². The average Bonchev–Trinajstić information content (AvgIpc) is 2.30. The summed E-state index contributed by atoms with van der Waals surface area (Å²) >= 11 is 0. The molecule has 0 saturated heterocycles. The Hall–Kier alpha value is 0.220. The minimum Gasteiger partial charge on any atom is -0.379 e. The van der Waals surface area contributed by atoms with Crippen LogP contribution < -0.4 is 0 Å². The quantitative estimate of drug-likeness (QED) is 0.389. The molecule has 1 unspecified atom stereocenters.